The van der Waals surface area contributed by atoms with Gasteiger partial charge < -0.3 is 15.0 Å². The van der Waals surface area contributed by atoms with E-state index in [-0.39, 0.29) is 45.7 Å². The minimum Gasteiger partial charge on any atom is -0.497 e. The number of hydrogen-bond acceptors (Lipinski definition) is 7. The van der Waals surface area contributed by atoms with E-state index >= 15 is 0 Å². The van der Waals surface area contributed by atoms with Gasteiger partial charge in [-0.25, -0.2) is 8.42 Å². The molecule has 3 aromatic carbocycles. The topological polar surface area (TPSA) is 139 Å². The lowest BCUT2D eigenvalue weighted by Gasteiger charge is -2.33. The fraction of sp³-hybridized carbons (Fsp3) is 0.355. The van der Waals surface area contributed by atoms with E-state index in [2.05, 4.69) is 5.32 Å². The first-order valence-corrected chi connectivity index (χ1v) is 16.5. The third kappa shape index (κ3) is 8.86. The van der Waals surface area contributed by atoms with Crippen LogP contribution in [0.15, 0.2) is 65.6 Å². The highest BCUT2D eigenvalue weighted by atomic mass is 35.5. The molecule has 0 heterocycles. The average Bonchev–Trinajstić information content (AvgIpc) is 3.01. The fourth-order valence-corrected chi connectivity index (χ4v) is 6.37. The predicted molar refractivity (Wildman–Crippen MR) is 174 cm³/mol. The Morgan fingerprint density at radius 1 is 1.02 bits per heavy atom. The molecule has 2 amide bonds. The predicted octanol–water partition coefficient (Wildman–Crippen LogP) is 6.14. The molecule has 1 atom stereocenters. The van der Waals surface area contributed by atoms with E-state index in [9.17, 15) is 28.1 Å². The van der Waals surface area contributed by atoms with Gasteiger partial charge in [0.15, 0.2) is 0 Å². The second-order valence-corrected chi connectivity index (χ2v) is 12.9. The molecule has 0 aliphatic rings. The van der Waals surface area contributed by atoms with Gasteiger partial charge in [-0.05, 0) is 67.8 Å². The SMILES string of the molecule is CCCCNC(=O)[C@H](CC)N(Cc1ccc(Cl)c(Cl)c1)C(=O)CN(c1ccc(OC)cc1)S(=O)(=O)c1ccc(C)c([N+](=O)[O-])c1. The van der Waals surface area contributed by atoms with Crippen LogP contribution in [0.3, 0.4) is 0 Å². The second-order valence-electron chi connectivity index (χ2n) is 10.3. The maximum atomic E-state index is 14.2. The highest BCUT2D eigenvalue weighted by Crippen LogP contribution is 2.30. The third-order valence-corrected chi connectivity index (χ3v) is 9.67. The van der Waals surface area contributed by atoms with Crippen molar-refractivity contribution in [1.82, 2.24) is 10.2 Å². The maximum Gasteiger partial charge on any atom is 0.273 e. The van der Waals surface area contributed by atoms with Crippen molar-refractivity contribution >= 4 is 56.4 Å². The van der Waals surface area contributed by atoms with Crippen LogP contribution in [0, 0.1) is 17.0 Å². The molecule has 0 saturated heterocycles. The molecular weight excluding hydrogens is 643 g/mol. The van der Waals surface area contributed by atoms with Gasteiger partial charge in [0.2, 0.25) is 11.8 Å². The summed E-state index contributed by atoms with van der Waals surface area (Å²) in [6.07, 6.45) is 1.84. The van der Waals surface area contributed by atoms with Crippen molar-refractivity contribution < 1.29 is 27.7 Å². The molecule has 242 valence electrons. The van der Waals surface area contributed by atoms with E-state index < -0.39 is 33.4 Å². The van der Waals surface area contributed by atoms with Crippen molar-refractivity contribution in [3.8, 4) is 5.75 Å². The number of aryl methyl sites for hydroxylation is 1. The number of amides is 2. The lowest BCUT2D eigenvalue weighted by molar-refractivity contribution is -0.385. The summed E-state index contributed by atoms with van der Waals surface area (Å²) in [5, 5.41) is 15.1. The number of unbranched alkanes of at least 4 members (excludes halogenated alkanes) is 1. The quantitative estimate of drug-likeness (QED) is 0.116. The summed E-state index contributed by atoms with van der Waals surface area (Å²) in [5.41, 5.74) is 0.583. The summed E-state index contributed by atoms with van der Waals surface area (Å²) in [5.74, 6) is -0.614. The smallest absolute Gasteiger partial charge is 0.273 e. The zero-order chi connectivity index (χ0) is 33.3. The molecule has 0 unspecified atom stereocenters. The molecule has 0 spiro atoms. The summed E-state index contributed by atoms with van der Waals surface area (Å²) < 4.78 is 34.3. The Labute approximate surface area is 273 Å². The molecule has 14 heteroatoms. The number of benzene rings is 3. The van der Waals surface area contributed by atoms with Crippen LogP contribution in [0.2, 0.25) is 10.0 Å². The summed E-state index contributed by atoms with van der Waals surface area (Å²) in [7, 11) is -3.07. The van der Waals surface area contributed by atoms with Gasteiger partial charge in [0.05, 0.1) is 32.7 Å². The molecule has 1 N–H and O–H groups in total. The lowest BCUT2D eigenvalue weighted by atomic mass is 10.1. The fourth-order valence-electron chi connectivity index (χ4n) is 4.61. The van der Waals surface area contributed by atoms with Crippen LogP contribution in [-0.4, -0.2) is 56.3 Å². The number of nitrogens with one attached hydrogen (secondary N) is 1. The van der Waals surface area contributed by atoms with Crippen molar-refractivity contribution in [3.63, 3.8) is 0 Å². The first-order valence-electron chi connectivity index (χ1n) is 14.3. The minimum atomic E-state index is -4.53. The summed E-state index contributed by atoms with van der Waals surface area (Å²) in [6.45, 7) is 4.87. The molecule has 0 aliphatic heterocycles. The highest BCUT2D eigenvalue weighted by molar-refractivity contribution is 7.92. The van der Waals surface area contributed by atoms with Crippen LogP contribution in [0.4, 0.5) is 11.4 Å². The number of carbonyl (C=O) groups is 2. The Balaban J connectivity index is 2.11. The molecular formula is C31H36Cl2N4O7S. The van der Waals surface area contributed by atoms with E-state index in [1.807, 2.05) is 6.92 Å². The molecule has 0 aromatic heterocycles. The number of sulfonamides is 1. The van der Waals surface area contributed by atoms with E-state index in [4.69, 9.17) is 27.9 Å². The van der Waals surface area contributed by atoms with Crippen molar-refractivity contribution in [2.45, 2.75) is 57.5 Å². The van der Waals surface area contributed by atoms with Crippen LogP contribution in [0.5, 0.6) is 5.75 Å². The van der Waals surface area contributed by atoms with Gasteiger partial charge in [-0.1, -0.05) is 55.6 Å². The molecule has 3 rings (SSSR count). The molecule has 11 nitrogen and oxygen atoms in total. The second kappa shape index (κ2) is 15.9. The van der Waals surface area contributed by atoms with Gasteiger partial charge >= 0.3 is 0 Å². The molecule has 0 fully saturated rings. The Morgan fingerprint density at radius 3 is 2.29 bits per heavy atom. The van der Waals surface area contributed by atoms with Crippen LogP contribution in [0.25, 0.3) is 0 Å². The van der Waals surface area contributed by atoms with Gasteiger partial charge in [0, 0.05) is 24.7 Å². The maximum absolute atomic E-state index is 14.2. The Bertz CT molecular complexity index is 1640. The Kier molecular flexibility index (Phi) is 12.6. The largest absolute Gasteiger partial charge is 0.497 e. The minimum absolute atomic E-state index is 0.0675. The first kappa shape index (κ1) is 35.6. The normalized spacial score (nSPS) is 11.9. The third-order valence-electron chi connectivity index (χ3n) is 7.16. The number of ether oxygens (including phenoxy) is 1. The van der Waals surface area contributed by atoms with Gasteiger partial charge in [0.25, 0.3) is 15.7 Å². The number of nitro groups is 1. The average molecular weight is 680 g/mol. The number of methoxy groups -OCH3 is 1. The Morgan fingerprint density at radius 2 is 1.71 bits per heavy atom. The summed E-state index contributed by atoms with van der Waals surface area (Å²) >= 11 is 12.3. The van der Waals surface area contributed by atoms with Crippen molar-refractivity contribution in [1.29, 1.82) is 0 Å². The molecule has 0 bridgehead atoms. The Hall–Kier alpha value is -3.87. The van der Waals surface area contributed by atoms with Gasteiger partial charge in [-0.3, -0.25) is 24.0 Å². The van der Waals surface area contributed by atoms with E-state index in [0.717, 1.165) is 23.2 Å². The van der Waals surface area contributed by atoms with E-state index in [0.29, 0.717) is 22.9 Å². The molecule has 45 heavy (non-hydrogen) atoms. The van der Waals surface area contributed by atoms with Crippen LogP contribution in [0.1, 0.15) is 44.2 Å². The standard InChI is InChI=1S/C31H36Cl2N4O7S/c1-5-7-16-34-31(39)28(6-2)35(19-22-9-15-26(32)27(33)17-22)30(38)20-36(23-10-12-24(44-4)13-11-23)45(42,43)25-14-8-21(3)29(18-25)37(40)41/h8-15,17-18,28H,5-7,16,19-20H2,1-4H3,(H,34,39)/t28-/m0/s1. The summed E-state index contributed by atoms with van der Waals surface area (Å²) in [6, 6.07) is 13.4. The number of carbonyl (C=O) groups excluding carboxylic acids is 2. The van der Waals surface area contributed by atoms with Crippen LogP contribution >= 0.6 is 23.2 Å². The van der Waals surface area contributed by atoms with Gasteiger partial charge in [0.1, 0.15) is 18.3 Å². The number of halogens is 2. The number of anilines is 1. The molecule has 0 aliphatic carbocycles. The van der Waals surface area contributed by atoms with E-state index in [1.165, 1.54) is 55.3 Å². The number of hydrogen-bond donors (Lipinski definition) is 1. The van der Waals surface area contributed by atoms with Crippen LogP contribution < -0.4 is 14.4 Å². The van der Waals surface area contributed by atoms with E-state index in [1.54, 1.807) is 25.1 Å². The first-order chi connectivity index (χ1) is 21.3. The summed E-state index contributed by atoms with van der Waals surface area (Å²) in [4.78, 5) is 39.4. The monoisotopic (exact) mass is 678 g/mol. The van der Waals surface area contributed by atoms with Crippen molar-refractivity contribution in [2.24, 2.45) is 0 Å². The van der Waals surface area contributed by atoms with Gasteiger partial charge in [-0.15, -0.1) is 0 Å². The highest BCUT2D eigenvalue weighted by Gasteiger charge is 2.34. The molecule has 3 aromatic rings. The number of nitro benzene ring substituents is 1. The van der Waals surface area contributed by atoms with Gasteiger partial charge in [-0.2, -0.15) is 0 Å². The van der Waals surface area contributed by atoms with Crippen LogP contribution in [-0.2, 0) is 26.2 Å². The molecule has 0 saturated carbocycles. The number of nitrogens with zero attached hydrogens (tertiary/aromatic N) is 3. The number of rotatable bonds is 15. The zero-order valence-electron chi connectivity index (χ0n) is 25.5. The lowest BCUT2D eigenvalue weighted by Crippen LogP contribution is -2.52. The molecule has 0 radical (unpaired) electrons. The van der Waals surface area contributed by atoms with Crippen molar-refractivity contribution in [2.75, 3.05) is 24.5 Å². The zero-order valence-corrected chi connectivity index (χ0v) is 27.8. The van der Waals surface area contributed by atoms with Crippen molar-refractivity contribution in [3.05, 3.63) is 92.0 Å².